The number of unbranched alkanes of at least 4 members (excludes halogenated alkanes) is 14. The van der Waals surface area contributed by atoms with Gasteiger partial charge in [-0.3, -0.25) is 0 Å². The van der Waals surface area contributed by atoms with E-state index < -0.39 is 0 Å². The van der Waals surface area contributed by atoms with E-state index in [1.165, 1.54) is 138 Å². The quantitative estimate of drug-likeness (QED) is 0.0851. The molecule has 0 unspecified atom stereocenters. The molecule has 0 saturated heterocycles. The third kappa shape index (κ3) is 11.5. The summed E-state index contributed by atoms with van der Waals surface area (Å²) in [5, 5.41) is 0. The second kappa shape index (κ2) is 21.3. The molecule has 2 nitrogen and oxygen atoms in total. The first-order valence-corrected chi connectivity index (χ1v) is 18.8. The predicted octanol–water partition coefficient (Wildman–Crippen LogP) is 13.8. The molecule has 0 radical (unpaired) electrons. The molecule has 242 valence electrons. The van der Waals surface area contributed by atoms with Crippen molar-refractivity contribution in [3.8, 4) is 0 Å². The number of hydrogen-bond donors (Lipinski definition) is 0. The lowest BCUT2D eigenvalue weighted by molar-refractivity contribution is -0.345. The Balaban J connectivity index is 1.93. The number of nitrogens with zero attached hydrogens (tertiary/aromatic N) is 2. The number of aryl methyl sites for hydroxylation is 2. The van der Waals surface area contributed by atoms with Crippen LogP contribution < -0.4 is 0 Å². The maximum absolute atomic E-state index is 12.0. The number of allylic oxidation sites excluding steroid dienone is 2. The van der Waals surface area contributed by atoms with E-state index in [4.69, 9.17) is 0 Å². The van der Waals surface area contributed by atoms with Gasteiger partial charge in [0, 0.05) is 22.3 Å². The standard InChI is InChI=1S/C42H64N2/c1-5-9-13-16-18-21-25-39-40(26-22-19-17-14-10-6-2)42(38-33-29-36(30-34-38)24-20-15-11-7-3)44(43)41(39)37-31-27-35(28-32-37)23-12-8-4/h27-34H,5-26H2,1-4H3. The summed E-state index contributed by atoms with van der Waals surface area (Å²) in [6.45, 7) is 9.11. The minimum absolute atomic E-state index is 1.03. The molecule has 1 heterocycles. The van der Waals surface area contributed by atoms with E-state index in [1.807, 2.05) is 0 Å². The summed E-state index contributed by atoms with van der Waals surface area (Å²) >= 11 is 0. The van der Waals surface area contributed by atoms with E-state index in [0.29, 0.717) is 0 Å². The first-order chi connectivity index (χ1) is 21.6. The third-order valence-corrected chi connectivity index (χ3v) is 9.51. The summed E-state index contributed by atoms with van der Waals surface area (Å²) in [6.07, 6.45) is 27.4. The summed E-state index contributed by atoms with van der Waals surface area (Å²) in [4.78, 5) is 0. The Bertz CT molecular complexity index is 1150. The van der Waals surface area contributed by atoms with Gasteiger partial charge in [0.2, 0.25) is 11.4 Å². The van der Waals surface area contributed by atoms with Crippen LogP contribution in [0.2, 0.25) is 0 Å². The fourth-order valence-corrected chi connectivity index (χ4v) is 6.74. The zero-order valence-corrected chi connectivity index (χ0v) is 29.1. The summed E-state index contributed by atoms with van der Waals surface area (Å²) in [5.41, 5.74) is 22.0. The van der Waals surface area contributed by atoms with Gasteiger partial charge in [0.25, 0.3) is 0 Å². The highest BCUT2D eigenvalue weighted by Gasteiger charge is 2.35. The lowest BCUT2D eigenvalue weighted by Crippen LogP contribution is -2.03. The van der Waals surface area contributed by atoms with Crippen molar-refractivity contribution in [1.29, 1.82) is 0 Å². The highest BCUT2D eigenvalue weighted by atomic mass is 15.2. The van der Waals surface area contributed by atoms with Gasteiger partial charge >= 0.3 is 0 Å². The van der Waals surface area contributed by atoms with Crippen LogP contribution in [0.3, 0.4) is 0 Å². The molecule has 2 aromatic carbocycles. The first-order valence-electron chi connectivity index (χ1n) is 18.8. The average molecular weight is 597 g/mol. The zero-order chi connectivity index (χ0) is 31.4. The summed E-state index contributed by atoms with van der Waals surface area (Å²) < 4.78 is 1.58. The summed E-state index contributed by atoms with van der Waals surface area (Å²) in [7, 11) is 0. The van der Waals surface area contributed by atoms with Crippen LogP contribution in [0, 0.1) is 0 Å². The average Bonchev–Trinajstić information content (AvgIpc) is 3.32. The van der Waals surface area contributed by atoms with E-state index in [9.17, 15) is 5.53 Å². The van der Waals surface area contributed by atoms with Gasteiger partial charge in [-0.25, -0.2) is 4.70 Å². The van der Waals surface area contributed by atoms with Gasteiger partial charge < -0.3 is 5.53 Å². The highest BCUT2D eigenvalue weighted by Crippen LogP contribution is 2.44. The van der Waals surface area contributed by atoms with Crippen molar-refractivity contribution < 1.29 is 4.70 Å². The fourth-order valence-electron chi connectivity index (χ4n) is 6.74. The van der Waals surface area contributed by atoms with Gasteiger partial charge in [-0.2, -0.15) is 0 Å². The number of rotatable bonds is 24. The van der Waals surface area contributed by atoms with E-state index in [0.717, 1.165) is 48.2 Å². The van der Waals surface area contributed by atoms with Crippen molar-refractivity contribution >= 4 is 11.4 Å². The monoisotopic (exact) mass is 597 g/mol. The van der Waals surface area contributed by atoms with E-state index >= 15 is 0 Å². The van der Waals surface area contributed by atoms with Gasteiger partial charge in [-0.15, -0.1) is 0 Å². The SMILES string of the molecule is CCCCCCCCC1=C(c2ccc(CCCC)cc2)[N+](=[N-])C(c2ccc(CCCCCC)cc2)=C1CCCCCCCC. The Kier molecular flexibility index (Phi) is 17.4. The van der Waals surface area contributed by atoms with Gasteiger partial charge in [0.1, 0.15) is 0 Å². The molecule has 0 amide bonds. The van der Waals surface area contributed by atoms with Crippen molar-refractivity contribution in [2.75, 3.05) is 0 Å². The molecular weight excluding hydrogens is 532 g/mol. The first kappa shape index (κ1) is 36.0. The van der Waals surface area contributed by atoms with Crippen LogP contribution in [0.15, 0.2) is 59.7 Å². The van der Waals surface area contributed by atoms with E-state index in [-0.39, 0.29) is 0 Å². The van der Waals surface area contributed by atoms with Crippen molar-refractivity contribution in [2.45, 2.75) is 169 Å². The molecular formula is C42H64N2. The Morgan fingerprint density at radius 2 is 0.705 bits per heavy atom. The van der Waals surface area contributed by atoms with Crippen LogP contribution in [0.1, 0.15) is 178 Å². The summed E-state index contributed by atoms with van der Waals surface area (Å²) in [5.74, 6) is 0. The third-order valence-electron chi connectivity index (χ3n) is 9.51. The van der Waals surface area contributed by atoms with Crippen LogP contribution in [0.5, 0.6) is 0 Å². The molecule has 2 aromatic rings. The van der Waals surface area contributed by atoms with Gasteiger partial charge in [0.15, 0.2) is 0 Å². The fraction of sp³-hybridized carbons (Fsp3) is 0.619. The highest BCUT2D eigenvalue weighted by molar-refractivity contribution is 5.82. The Hall–Kier alpha value is -2.48. The van der Waals surface area contributed by atoms with E-state index in [2.05, 4.69) is 76.2 Å². The molecule has 0 N–H and O–H groups in total. The number of benzene rings is 2. The normalized spacial score (nSPS) is 13.5. The Morgan fingerprint density at radius 1 is 0.386 bits per heavy atom. The molecule has 0 saturated carbocycles. The molecule has 0 aromatic heterocycles. The smallest absolute Gasteiger partial charge is 0.211 e. The zero-order valence-electron chi connectivity index (χ0n) is 29.1. The molecule has 0 aliphatic carbocycles. The predicted molar refractivity (Wildman–Crippen MR) is 193 cm³/mol. The van der Waals surface area contributed by atoms with Crippen molar-refractivity contribution in [1.82, 2.24) is 0 Å². The molecule has 0 bridgehead atoms. The molecule has 2 heteroatoms. The van der Waals surface area contributed by atoms with Gasteiger partial charge in [-0.1, -0.05) is 142 Å². The van der Waals surface area contributed by atoms with Crippen molar-refractivity contribution in [3.63, 3.8) is 0 Å². The van der Waals surface area contributed by atoms with Gasteiger partial charge in [0.05, 0.1) is 0 Å². The molecule has 3 rings (SSSR count). The molecule has 0 atom stereocenters. The lowest BCUT2D eigenvalue weighted by atomic mass is 9.91. The minimum Gasteiger partial charge on any atom is -0.493 e. The maximum Gasteiger partial charge on any atom is 0.211 e. The second-order valence-electron chi connectivity index (χ2n) is 13.3. The van der Waals surface area contributed by atoms with Gasteiger partial charge in [-0.05, 0) is 86.8 Å². The lowest BCUT2D eigenvalue weighted by Gasteiger charge is -2.11. The minimum atomic E-state index is 1.03. The molecule has 1 aliphatic rings. The van der Waals surface area contributed by atoms with Crippen LogP contribution in [-0.2, 0) is 12.8 Å². The van der Waals surface area contributed by atoms with Crippen LogP contribution in [-0.4, -0.2) is 4.70 Å². The topological polar surface area (TPSA) is 25.3 Å². The van der Waals surface area contributed by atoms with Crippen LogP contribution >= 0.6 is 0 Å². The molecule has 0 spiro atoms. The van der Waals surface area contributed by atoms with Crippen LogP contribution in [0.25, 0.3) is 16.9 Å². The maximum atomic E-state index is 12.0. The largest absolute Gasteiger partial charge is 0.493 e. The molecule has 44 heavy (non-hydrogen) atoms. The van der Waals surface area contributed by atoms with Crippen molar-refractivity contribution in [3.05, 3.63) is 87.5 Å². The Labute approximate surface area is 271 Å². The molecule has 0 fully saturated rings. The number of hydrogen-bond acceptors (Lipinski definition) is 0. The van der Waals surface area contributed by atoms with Crippen LogP contribution in [0.4, 0.5) is 0 Å². The summed E-state index contributed by atoms with van der Waals surface area (Å²) in [6, 6.07) is 18.2. The van der Waals surface area contributed by atoms with Crippen molar-refractivity contribution in [2.24, 2.45) is 0 Å². The Morgan fingerprint density at radius 3 is 1.11 bits per heavy atom. The van der Waals surface area contributed by atoms with E-state index in [1.54, 1.807) is 4.70 Å². The molecule has 1 aliphatic heterocycles. The second-order valence-corrected chi connectivity index (χ2v) is 13.3.